The van der Waals surface area contributed by atoms with Crippen molar-refractivity contribution < 1.29 is 27.5 Å². The lowest BCUT2D eigenvalue weighted by molar-refractivity contribution is -0.156. The van der Waals surface area contributed by atoms with Gasteiger partial charge < -0.3 is 15.0 Å². The summed E-state index contributed by atoms with van der Waals surface area (Å²) in [6.07, 6.45) is 0. The first-order chi connectivity index (χ1) is 21.0. The Hall–Kier alpha value is -4.80. The van der Waals surface area contributed by atoms with E-state index in [1.807, 2.05) is 37.3 Å². The average Bonchev–Trinajstić information content (AvgIpc) is 3.26. The van der Waals surface area contributed by atoms with Crippen LogP contribution in [0, 0.1) is 6.92 Å². The maximum atomic E-state index is 14.9. The van der Waals surface area contributed by atoms with Gasteiger partial charge in [0.05, 0.1) is 23.7 Å². The van der Waals surface area contributed by atoms with Gasteiger partial charge in [0.25, 0.3) is 11.8 Å². The van der Waals surface area contributed by atoms with Gasteiger partial charge in [-0.25, -0.2) is 13.2 Å². The molecule has 2 atom stereocenters. The van der Waals surface area contributed by atoms with Crippen molar-refractivity contribution in [2.75, 3.05) is 11.5 Å². The minimum absolute atomic E-state index is 0.100. The van der Waals surface area contributed by atoms with Gasteiger partial charge in [-0.05, 0) is 56.7 Å². The fourth-order valence-electron chi connectivity index (χ4n) is 5.53. The fraction of sp³-hybridized carbons (Fsp3) is 0.206. The predicted molar refractivity (Wildman–Crippen MR) is 166 cm³/mol. The smallest absolute Gasteiger partial charge is 0.330 e. The second-order valence-corrected chi connectivity index (χ2v) is 12.4. The average molecular weight is 612 g/mol. The summed E-state index contributed by atoms with van der Waals surface area (Å²) < 4.78 is 35.9. The number of hydrogen-bond acceptors (Lipinski definition) is 6. The van der Waals surface area contributed by atoms with Crippen LogP contribution in [-0.4, -0.2) is 38.3 Å². The highest BCUT2D eigenvalue weighted by atomic mass is 32.2. The molecule has 226 valence electrons. The summed E-state index contributed by atoms with van der Waals surface area (Å²) in [5.74, 6) is -2.41. The summed E-state index contributed by atoms with van der Waals surface area (Å²) in [6.45, 7) is 4.67. The Balaban J connectivity index is 1.76. The molecule has 2 amide bonds. The van der Waals surface area contributed by atoms with E-state index in [9.17, 15) is 22.8 Å². The number of anilines is 1. The molecule has 2 N–H and O–H groups in total. The van der Waals surface area contributed by atoms with E-state index in [1.165, 1.54) is 24.0 Å². The lowest BCUT2D eigenvalue weighted by atomic mass is 9.73. The molecule has 5 rings (SSSR count). The van der Waals surface area contributed by atoms with Gasteiger partial charge in [0, 0.05) is 11.1 Å². The molecule has 9 nitrogen and oxygen atoms in total. The second kappa shape index (κ2) is 12.1. The molecule has 1 heterocycles. The van der Waals surface area contributed by atoms with Crippen molar-refractivity contribution in [1.82, 2.24) is 10.0 Å². The monoisotopic (exact) mass is 611 g/mol. The predicted octanol–water partition coefficient (Wildman–Crippen LogP) is 4.47. The third-order valence-electron chi connectivity index (χ3n) is 7.79. The van der Waals surface area contributed by atoms with Gasteiger partial charge in [-0.1, -0.05) is 84.4 Å². The summed E-state index contributed by atoms with van der Waals surface area (Å²) in [4.78, 5) is 44.3. The van der Waals surface area contributed by atoms with Crippen LogP contribution in [0.25, 0.3) is 0 Å². The van der Waals surface area contributed by atoms with Crippen molar-refractivity contribution in [1.29, 1.82) is 0 Å². The molecule has 0 aliphatic carbocycles. The van der Waals surface area contributed by atoms with Crippen molar-refractivity contribution in [3.8, 4) is 0 Å². The Morgan fingerprint density at radius 2 is 1.45 bits per heavy atom. The van der Waals surface area contributed by atoms with Crippen LogP contribution >= 0.6 is 0 Å². The number of carbonyl (C=O) groups is 3. The van der Waals surface area contributed by atoms with Crippen LogP contribution in [0.1, 0.15) is 40.9 Å². The molecular formula is C34H33N3O6S. The van der Waals surface area contributed by atoms with Crippen LogP contribution in [0.4, 0.5) is 5.69 Å². The maximum Gasteiger partial charge on any atom is 0.330 e. The van der Waals surface area contributed by atoms with E-state index in [1.54, 1.807) is 73.7 Å². The molecule has 10 heteroatoms. The zero-order valence-electron chi connectivity index (χ0n) is 24.6. The van der Waals surface area contributed by atoms with E-state index in [0.29, 0.717) is 5.69 Å². The molecule has 44 heavy (non-hydrogen) atoms. The van der Waals surface area contributed by atoms with Gasteiger partial charge in [0.1, 0.15) is 0 Å². The number of nitrogens with zero attached hydrogens (tertiary/aromatic N) is 1. The minimum Gasteiger partial charge on any atom is -0.465 e. The van der Waals surface area contributed by atoms with Crippen molar-refractivity contribution in [3.05, 3.63) is 131 Å². The summed E-state index contributed by atoms with van der Waals surface area (Å²) in [7, 11) is -4.45. The molecule has 4 aromatic carbocycles. The topological polar surface area (TPSA) is 122 Å². The van der Waals surface area contributed by atoms with Gasteiger partial charge in [-0.3, -0.25) is 9.59 Å². The molecule has 0 saturated carbocycles. The summed E-state index contributed by atoms with van der Waals surface area (Å²) in [5.41, 5.74) is -2.11. The molecule has 0 radical (unpaired) electrons. The molecule has 0 aromatic heterocycles. The van der Waals surface area contributed by atoms with Crippen molar-refractivity contribution in [2.24, 2.45) is 0 Å². The Morgan fingerprint density at radius 1 is 0.864 bits per heavy atom. The van der Waals surface area contributed by atoms with Crippen LogP contribution in [0.3, 0.4) is 0 Å². The number of benzene rings is 4. The molecule has 0 unspecified atom stereocenters. The quantitative estimate of drug-likeness (QED) is 0.255. The zero-order valence-corrected chi connectivity index (χ0v) is 25.4. The van der Waals surface area contributed by atoms with Crippen LogP contribution in [0.5, 0.6) is 0 Å². The van der Waals surface area contributed by atoms with Crippen LogP contribution in [-0.2, 0) is 36.4 Å². The fourth-order valence-corrected chi connectivity index (χ4v) is 6.92. The Kier molecular flexibility index (Phi) is 8.40. The number of esters is 1. The number of sulfonamides is 1. The van der Waals surface area contributed by atoms with Gasteiger partial charge in [0.15, 0.2) is 11.1 Å². The van der Waals surface area contributed by atoms with Crippen LogP contribution in [0.2, 0.25) is 0 Å². The van der Waals surface area contributed by atoms with Gasteiger partial charge in [0.2, 0.25) is 10.0 Å². The number of hydrogen-bond donors (Lipinski definition) is 2. The number of nitrogens with one attached hydrogen (secondary N) is 2. The molecule has 4 aromatic rings. The summed E-state index contributed by atoms with van der Waals surface area (Å²) >= 11 is 0. The first kappa shape index (κ1) is 30.7. The highest BCUT2D eigenvalue weighted by Crippen LogP contribution is 2.48. The molecule has 1 aliphatic rings. The minimum atomic E-state index is -4.45. The normalized spacial score (nSPS) is 17.4. The Bertz CT molecular complexity index is 1800. The standard InChI is InChI=1S/C34H33N3O6S/c1-4-43-32(40)33(3,36-44(41,42)27-21-19-24(2)20-22-27)34(35-30(38)26-15-9-6-10-16-26)28-17-11-12-18-29(28)37(31(34)39)23-25-13-7-5-8-14-25/h5-22,36H,4,23H2,1-3H3,(H,35,38)/t33-,34-/m0/s1. The SMILES string of the molecule is CCOC(=O)[C@](C)(NS(=O)(=O)c1ccc(C)cc1)[C@@]1(NC(=O)c2ccccc2)C(=O)N(Cc2ccccc2)c2ccccc21. The third kappa shape index (κ3) is 5.38. The van der Waals surface area contributed by atoms with Crippen LogP contribution in [0.15, 0.2) is 114 Å². The number of para-hydroxylation sites is 1. The van der Waals surface area contributed by atoms with Gasteiger partial charge >= 0.3 is 5.97 Å². The van der Waals surface area contributed by atoms with E-state index >= 15 is 0 Å². The molecular weight excluding hydrogens is 578 g/mol. The van der Waals surface area contributed by atoms with E-state index in [2.05, 4.69) is 10.0 Å². The van der Waals surface area contributed by atoms with E-state index in [-0.39, 0.29) is 29.2 Å². The Morgan fingerprint density at radius 3 is 2.09 bits per heavy atom. The van der Waals surface area contributed by atoms with Crippen molar-refractivity contribution in [2.45, 2.75) is 43.3 Å². The Labute approximate surface area is 256 Å². The number of ether oxygens (including phenoxy) is 1. The number of carbonyl (C=O) groups excluding carboxylic acids is 3. The molecule has 0 saturated heterocycles. The third-order valence-corrected chi connectivity index (χ3v) is 9.36. The lowest BCUT2D eigenvalue weighted by Crippen LogP contribution is -2.74. The number of aryl methyl sites for hydroxylation is 1. The number of fused-ring (bicyclic) bond motifs is 1. The summed E-state index contributed by atoms with van der Waals surface area (Å²) in [6, 6.07) is 30.2. The highest BCUT2D eigenvalue weighted by molar-refractivity contribution is 7.89. The highest BCUT2D eigenvalue weighted by Gasteiger charge is 2.67. The van der Waals surface area contributed by atoms with E-state index in [0.717, 1.165) is 11.1 Å². The molecule has 0 bridgehead atoms. The van der Waals surface area contributed by atoms with E-state index in [4.69, 9.17) is 4.74 Å². The molecule has 0 spiro atoms. The second-order valence-electron chi connectivity index (χ2n) is 10.7. The largest absolute Gasteiger partial charge is 0.465 e. The summed E-state index contributed by atoms with van der Waals surface area (Å²) in [5, 5.41) is 2.84. The zero-order chi connectivity index (χ0) is 31.5. The van der Waals surface area contributed by atoms with E-state index < -0.39 is 38.9 Å². The van der Waals surface area contributed by atoms with Crippen molar-refractivity contribution in [3.63, 3.8) is 0 Å². The number of rotatable bonds is 10. The van der Waals surface area contributed by atoms with Gasteiger partial charge in [-0.2, -0.15) is 4.72 Å². The molecule has 0 fully saturated rings. The first-order valence-corrected chi connectivity index (χ1v) is 15.6. The van der Waals surface area contributed by atoms with Crippen LogP contribution < -0.4 is 14.9 Å². The lowest BCUT2D eigenvalue weighted by Gasteiger charge is -2.43. The van der Waals surface area contributed by atoms with Crippen molar-refractivity contribution >= 4 is 33.5 Å². The maximum absolute atomic E-state index is 14.9. The first-order valence-electron chi connectivity index (χ1n) is 14.1. The van der Waals surface area contributed by atoms with Gasteiger partial charge in [-0.15, -0.1) is 0 Å². The number of amides is 2. The molecule has 1 aliphatic heterocycles.